The van der Waals surface area contributed by atoms with Crippen LogP contribution in [0.4, 0.5) is 11.5 Å². The Hall–Kier alpha value is -2.98. The number of hydrogen-bond donors (Lipinski definition) is 1. The van der Waals surface area contributed by atoms with Crippen LogP contribution in [0.1, 0.15) is 23.0 Å². The van der Waals surface area contributed by atoms with E-state index in [1.807, 2.05) is 12.1 Å². The van der Waals surface area contributed by atoms with Gasteiger partial charge in [-0.25, -0.2) is 0 Å². The van der Waals surface area contributed by atoms with E-state index in [1.54, 1.807) is 30.3 Å². The van der Waals surface area contributed by atoms with Gasteiger partial charge in [-0.1, -0.05) is 13.0 Å². The first-order valence-corrected chi connectivity index (χ1v) is 8.32. The summed E-state index contributed by atoms with van der Waals surface area (Å²) in [5.74, 6) is 0.448. The van der Waals surface area contributed by atoms with Gasteiger partial charge in [0.25, 0.3) is 5.91 Å². The minimum absolute atomic E-state index is 0.248. The van der Waals surface area contributed by atoms with E-state index in [0.717, 1.165) is 38.5 Å². The number of carbonyl (C=O) groups is 1. The maximum Gasteiger partial charge on any atom is 0.276 e. The first-order chi connectivity index (χ1) is 12.2. The molecule has 1 aliphatic rings. The highest BCUT2D eigenvalue weighted by molar-refractivity contribution is 6.02. The fourth-order valence-corrected chi connectivity index (χ4v) is 2.77. The van der Waals surface area contributed by atoms with Gasteiger partial charge in [0.15, 0.2) is 11.5 Å². The average Bonchev–Trinajstić information content (AvgIpc) is 2.68. The van der Waals surface area contributed by atoms with E-state index >= 15 is 0 Å². The molecule has 2 aromatic rings. The van der Waals surface area contributed by atoms with Crippen LogP contribution >= 0.6 is 0 Å². The summed E-state index contributed by atoms with van der Waals surface area (Å²) < 4.78 is 0. The lowest BCUT2D eigenvalue weighted by atomic mass is 10.2. The monoisotopic (exact) mass is 336 g/mol. The Labute approximate surface area is 146 Å². The molecule has 1 saturated heterocycles. The third-order valence-electron chi connectivity index (χ3n) is 4.28. The maximum absolute atomic E-state index is 12.3. The molecule has 1 amide bonds. The topological polar surface area (TPSA) is 85.1 Å². The molecule has 0 unspecified atom stereocenters. The van der Waals surface area contributed by atoms with Crippen molar-refractivity contribution in [1.82, 2.24) is 15.1 Å². The third-order valence-corrected chi connectivity index (χ3v) is 4.28. The SMILES string of the molecule is CCN1CCN(c2ccc(C(=O)Nc3cccc(C#N)c3)nn2)CC1. The summed E-state index contributed by atoms with van der Waals surface area (Å²) in [5, 5.41) is 19.9. The standard InChI is InChI=1S/C18H20N6O/c1-2-23-8-10-24(11-9-23)17-7-6-16(21-22-17)18(25)20-15-5-3-4-14(12-15)13-19/h3-7,12H,2,8-11H2,1H3,(H,20,25). The molecule has 128 valence electrons. The molecule has 2 heterocycles. The van der Waals surface area contributed by atoms with Crippen LogP contribution in [-0.2, 0) is 0 Å². The van der Waals surface area contributed by atoms with Gasteiger partial charge in [-0.2, -0.15) is 5.26 Å². The molecule has 7 nitrogen and oxygen atoms in total. The number of benzene rings is 1. The zero-order valence-corrected chi connectivity index (χ0v) is 14.1. The Morgan fingerprint density at radius 2 is 2.00 bits per heavy atom. The normalized spacial score (nSPS) is 14.8. The van der Waals surface area contributed by atoms with Crippen LogP contribution in [0, 0.1) is 11.3 Å². The molecule has 1 N–H and O–H groups in total. The zero-order chi connectivity index (χ0) is 17.6. The molecule has 7 heteroatoms. The molecule has 0 spiro atoms. The van der Waals surface area contributed by atoms with Crippen molar-refractivity contribution >= 4 is 17.4 Å². The number of likely N-dealkylation sites (N-methyl/N-ethyl adjacent to an activating group) is 1. The summed E-state index contributed by atoms with van der Waals surface area (Å²) in [7, 11) is 0. The van der Waals surface area contributed by atoms with Crippen LogP contribution in [0.2, 0.25) is 0 Å². The largest absolute Gasteiger partial charge is 0.353 e. The van der Waals surface area contributed by atoms with E-state index in [4.69, 9.17) is 5.26 Å². The van der Waals surface area contributed by atoms with E-state index < -0.39 is 0 Å². The van der Waals surface area contributed by atoms with Crippen LogP contribution in [0.15, 0.2) is 36.4 Å². The first kappa shape index (κ1) is 16.9. The molecule has 1 aromatic carbocycles. The van der Waals surface area contributed by atoms with Gasteiger partial charge in [0.1, 0.15) is 0 Å². The smallest absolute Gasteiger partial charge is 0.276 e. The van der Waals surface area contributed by atoms with Crippen LogP contribution in [-0.4, -0.2) is 53.7 Å². The summed E-state index contributed by atoms with van der Waals surface area (Å²) in [6.07, 6.45) is 0. The van der Waals surface area contributed by atoms with Crippen molar-refractivity contribution in [1.29, 1.82) is 5.26 Å². The third kappa shape index (κ3) is 4.11. The number of anilines is 2. The van der Waals surface area contributed by atoms with Crippen molar-refractivity contribution in [2.45, 2.75) is 6.92 Å². The molecular weight excluding hydrogens is 316 g/mol. The number of amides is 1. The lowest BCUT2D eigenvalue weighted by Gasteiger charge is -2.34. The summed E-state index contributed by atoms with van der Waals surface area (Å²) >= 11 is 0. The minimum Gasteiger partial charge on any atom is -0.353 e. The molecule has 0 saturated carbocycles. The molecule has 25 heavy (non-hydrogen) atoms. The Bertz CT molecular complexity index is 775. The molecule has 0 bridgehead atoms. The minimum atomic E-state index is -0.343. The quantitative estimate of drug-likeness (QED) is 0.915. The molecule has 1 fully saturated rings. The van der Waals surface area contributed by atoms with Crippen molar-refractivity contribution in [2.75, 3.05) is 42.9 Å². The number of carbonyl (C=O) groups excluding carboxylic acids is 1. The first-order valence-electron chi connectivity index (χ1n) is 8.32. The van der Waals surface area contributed by atoms with Crippen LogP contribution in [0.5, 0.6) is 0 Å². The number of rotatable bonds is 4. The van der Waals surface area contributed by atoms with Gasteiger partial charge >= 0.3 is 0 Å². The summed E-state index contributed by atoms with van der Waals surface area (Å²) in [4.78, 5) is 16.8. The van der Waals surface area contributed by atoms with Gasteiger partial charge in [-0.15, -0.1) is 10.2 Å². The number of aromatic nitrogens is 2. The Kier molecular flexibility index (Phi) is 5.21. The fraction of sp³-hybridized carbons (Fsp3) is 0.333. The fourth-order valence-electron chi connectivity index (χ4n) is 2.77. The molecule has 0 atom stereocenters. The Morgan fingerprint density at radius 3 is 2.64 bits per heavy atom. The van der Waals surface area contributed by atoms with Crippen LogP contribution in [0.25, 0.3) is 0 Å². The summed E-state index contributed by atoms with van der Waals surface area (Å²) in [6.45, 7) is 7.07. The summed E-state index contributed by atoms with van der Waals surface area (Å²) in [6, 6.07) is 12.3. The molecule has 1 aliphatic heterocycles. The predicted molar refractivity (Wildman–Crippen MR) is 95.5 cm³/mol. The number of hydrogen-bond acceptors (Lipinski definition) is 6. The summed E-state index contributed by atoms with van der Waals surface area (Å²) in [5.41, 5.74) is 1.30. The van der Waals surface area contributed by atoms with Crippen molar-refractivity contribution in [3.05, 3.63) is 47.7 Å². The van der Waals surface area contributed by atoms with Gasteiger partial charge in [-0.3, -0.25) is 4.79 Å². The molecular formula is C18H20N6O. The number of nitriles is 1. The van der Waals surface area contributed by atoms with Gasteiger partial charge in [-0.05, 0) is 36.9 Å². The second-order valence-electron chi connectivity index (χ2n) is 5.84. The van der Waals surface area contributed by atoms with Crippen molar-refractivity contribution in [3.63, 3.8) is 0 Å². The lowest BCUT2D eigenvalue weighted by Crippen LogP contribution is -2.46. The second kappa shape index (κ2) is 7.73. The highest BCUT2D eigenvalue weighted by Crippen LogP contribution is 2.14. The molecule has 0 radical (unpaired) electrons. The average molecular weight is 336 g/mol. The van der Waals surface area contributed by atoms with Crippen molar-refractivity contribution in [3.8, 4) is 6.07 Å². The zero-order valence-electron chi connectivity index (χ0n) is 14.1. The van der Waals surface area contributed by atoms with E-state index in [9.17, 15) is 4.79 Å². The van der Waals surface area contributed by atoms with E-state index in [-0.39, 0.29) is 11.6 Å². The van der Waals surface area contributed by atoms with E-state index in [0.29, 0.717) is 11.3 Å². The van der Waals surface area contributed by atoms with E-state index in [2.05, 4.69) is 32.2 Å². The van der Waals surface area contributed by atoms with Crippen molar-refractivity contribution < 1.29 is 4.79 Å². The van der Waals surface area contributed by atoms with Gasteiger partial charge < -0.3 is 15.1 Å². The molecule has 1 aromatic heterocycles. The second-order valence-corrected chi connectivity index (χ2v) is 5.84. The highest BCUT2D eigenvalue weighted by Gasteiger charge is 2.17. The number of nitrogens with zero attached hydrogens (tertiary/aromatic N) is 5. The van der Waals surface area contributed by atoms with Crippen LogP contribution < -0.4 is 10.2 Å². The van der Waals surface area contributed by atoms with Gasteiger partial charge in [0.2, 0.25) is 0 Å². The highest BCUT2D eigenvalue weighted by atomic mass is 16.1. The van der Waals surface area contributed by atoms with E-state index in [1.165, 1.54) is 0 Å². The number of piperazine rings is 1. The van der Waals surface area contributed by atoms with Gasteiger partial charge in [0, 0.05) is 31.9 Å². The lowest BCUT2D eigenvalue weighted by molar-refractivity contribution is 0.102. The Balaban J connectivity index is 1.63. The van der Waals surface area contributed by atoms with Gasteiger partial charge in [0.05, 0.1) is 11.6 Å². The molecule has 3 rings (SSSR count). The maximum atomic E-state index is 12.3. The Morgan fingerprint density at radius 1 is 1.20 bits per heavy atom. The number of nitrogens with one attached hydrogen (secondary N) is 1. The van der Waals surface area contributed by atoms with Crippen LogP contribution in [0.3, 0.4) is 0 Å². The van der Waals surface area contributed by atoms with Crippen molar-refractivity contribution in [2.24, 2.45) is 0 Å². The predicted octanol–water partition coefficient (Wildman–Crippen LogP) is 1.74. The molecule has 0 aliphatic carbocycles.